The first kappa shape index (κ1) is 21.7. The molecule has 1 aromatic carbocycles. The van der Waals surface area contributed by atoms with Crippen LogP contribution in [0.2, 0.25) is 10.2 Å². The number of fused-ring (bicyclic) bond motifs is 3. The minimum atomic E-state index is -0.301. The number of pyridine rings is 1. The first-order valence-corrected chi connectivity index (χ1v) is 11.1. The molecule has 9 heteroatoms. The lowest BCUT2D eigenvalue weighted by molar-refractivity contribution is 0.0631. The summed E-state index contributed by atoms with van der Waals surface area (Å²) in [5, 5.41) is 5.30. The summed E-state index contributed by atoms with van der Waals surface area (Å²) in [4.78, 5) is 22.3. The summed E-state index contributed by atoms with van der Waals surface area (Å²) in [6, 6.07) is 10.8. The summed E-state index contributed by atoms with van der Waals surface area (Å²) in [6.07, 6.45) is 4.43. The van der Waals surface area contributed by atoms with E-state index in [4.69, 9.17) is 32.9 Å². The lowest BCUT2D eigenvalue weighted by Crippen LogP contribution is -2.26. The molecule has 0 saturated carbocycles. The van der Waals surface area contributed by atoms with Gasteiger partial charge in [0.05, 0.1) is 16.4 Å². The molecule has 0 aliphatic carbocycles. The van der Waals surface area contributed by atoms with Gasteiger partial charge < -0.3 is 4.74 Å². The van der Waals surface area contributed by atoms with Gasteiger partial charge in [0.25, 0.3) is 0 Å². The van der Waals surface area contributed by atoms with Crippen LogP contribution >= 0.6 is 23.2 Å². The molecule has 7 nitrogen and oxygen atoms in total. The molecule has 1 aliphatic rings. The lowest BCUT2D eigenvalue weighted by Gasteiger charge is -2.11. The van der Waals surface area contributed by atoms with Gasteiger partial charge in [-0.05, 0) is 24.6 Å². The maximum absolute atomic E-state index is 13.1. The van der Waals surface area contributed by atoms with Gasteiger partial charge in [-0.15, -0.1) is 0 Å². The second kappa shape index (κ2) is 9.77. The van der Waals surface area contributed by atoms with Gasteiger partial charge in [0.15, 0.2) is 5.82 Å². The predicted octanol–water partition coefficient (Wildman–Crippen LogP) is 4.64. The minimum Gasteiger partial charge on any atom is -0.359 e. The molecular weight excluding hydrogens is 437 g/mol. The van der Waals surface area contributed by atoms with E-state index in [1.807, 2.05) is 18.2 Å². The quantitative estimate of drug-likeness (QED) is 0.363. The number of unbranched alkanes of at least 4 members (excludes halogenated alkanes) is 3. The van der Waals surface area contributed by atoms with Crippen LogP contribution in [0.1, 0.15) is 49.7 Å². The van der Waals surface area contributed by atoms with Crippen molar-refractivity contribution in [3.63, 3.8) is 0 Å². The molecule has 0 saturated heterocycles. The second-order valence-corrected chi connectivity index (χ2v) is 8.07. The third-order valence-electron chi connectivity index (χ3n) is 5.07. The standard InChI is InChI=1S/C22H23Cl2N5O2/c1-2-3-4-7-12-31-14-28-22(30)29-17-10-11-18(24)26-21(17)20(25-13-19(29)27-28)15-8-5-6-9-16(15)23/h5-6,8-11H,2-4,7,12-14H2,1H3. The van der Waals surface area contributed by atoms with Crippen LogP contribution in [0.5, 0.6) is 0 Å². The van der Waals surface area contributed by atoms with Gasteiger partial charge >= 0.3 is 5.69 Å². The number of hydrogen-bond donors (Lipinski definition) is 0. The lowest BCUT2D eigenvalue weighted by atomic mass is 10.1. The minimum absolute atomic E-state index is 0.0996. The number of ether oxygens (including phenoxy) is 1. The summed E-state index contributed by atoms with van der Waals surface area (Å²) >= 11 is 12.6. The summed E-state index contributed by atoms with van der Waals surface area (Å²) in [7, 11) is 0. The SMILES string of the molecule is CCCCCCOCn1nc2n(c1=O)-c1ccc(Cl)nc1C(c1ccccc1Cl)=NC2. The van der Waals surface area contributed by atoms with Crippen molar-refractivity contribution in [3.05, 3.63) is 74.1 Å². The Morgan fingerprint density at radius 1 is 1.10 bits per heavy atom. The molecule has 31 heavy (non-hydrogen) atoms. The van der Waals surface area contributed by atoms with Crippen molar-refractivity contribution in [1.82, 2.24) is 19.3 Å². The van der Waals surface area contributed by atoms with Crippen LogP contribution in [0.4, 0.5) is 0 Å². The fraction of sp³-hybridized carbons (Fsp3) is 0.364. The Kier molecular flexibility index (Phi) is 6.85. The number of aromatic nitrogens is 4. The zero-order chi connectivity index (χ0) is 21.8. The van der Waals surface area contributed by atoms with E-state index in [0.717, 1.165) is 18.4 Å². The highest BCUT2D eigenvalue weighted by Gasteiger charge is 2.25. The first-order chi connectivity index (χ1) is 15.1. The van der Waals surface area contributed by atoms with Gasteiger partial charge in [-0.1, -0.05) is 67.6 Å². The zero-order valence-electron chi connectivity index (χ0n) is 17.2. The normalized spacial score (nSPS) is 12.8. The van der Waals surface area contributed by atoms with Crippen LogP contribution in [0.15, 0.2) is 46.2 Å². The summed E-state index contributed by atoms with van der Waals surface area (Å²) in [6.45, 7) is 3.06. The van der Waals surface area contributed by atoms with Crippen molar-refractivity contribution in [1.29, 1.82) is 0 Å². The smallest absolute Gasteiger partial charge is 0.352 e. The second-order valence-electron chi connectivity index (χ2n) is 7.28. The van der Waals surface area contributed by atoms with Crippen molar-refractivity contribution in [2.75, 3.05) is 6.61 Å². The summed E-state index contributed by atoms with van der Waals surface area (Å²) in [5.41, 5.74) is 2.05. The number of halogens is 2. The van der Waals surface area contributed by atoms with Crippen LogP contribution in [-0.2, 0) is 18.0 Å². The fourth-order valence-electron chi connectivity index (χ4n) is 3.54. The molecule has 0 spiro atoms. The molecule has 3 aromatic rings. The largest absolute Gasteiger partial charge is 0.359 e. The molecule has 0 radical (unpaired) electrons. The van der Waals surface area contributed by atoms with Gasteiger partial charge in [-0.25, -0.2) is 14.3 Å². The fourth-order valence-corrected chi connectivity index (χ4v) is 3.91. The van der Waals surface area contributed by atoms with E-state index in [-0.39, 0.29) is 19.0 Å². The van der Waals surface area contributed by atoms with Crippen molar-refractivity contribution in [2.45, 2.75) is 45.9 Å². The van der Waals surface area contributed by atoms with Crippen LogP contribution in [0.3, 0.4) is 0 Å². The van der Waals surface area contributed by atoms with Crippen LogP contribution in [0, 0.1) is 0 Å². The Bertz CT molecular complexity index is 1170. The van der Waals surface area contributed by atoms with E-state index < -0.39 is 0 Å². The number of hydrogen-bond acceptors (Lipinski definition) is 5. The van der Waals surface area contributed by atoms with Crippen molar-refractivity contribution in [3.8, 4) is 5.69 Å². The molecular formula is C22H23Cl2N5O2. The molecule has 1 aliphatic heterocycles. The maximum Gasteiger partial charge on any atom is 0.352 e. The molecule has 0 N–H and O–H groups in total. The highest BCUT2D eigenvalue weighted by Crippen LogP contribution is 2.26. The maximum atomic E-state index is 13.1. The molecule has 0 fully saturated rings. The predicted molar refractivity (Wildman–Crippen MR) is 122 cm³/mol. The molecule has 0 amide bonds. The Morgan fingerprint density at radius 3 is 2.74 bits per heavy atom. The van der Waals surface area contributed by atoms with Crippen molar-refractivity contribution < 1.29 is 4.74 Å². The Hall–Kier alpha value is -2.48. The van der Waals surface area contributed by atoms with Crippen LogP contribution < -0.4 is 5.69 Å². The summed E-state index contributed by atoms with van der Waals surface area (Å²) in [5.74, 6) is 0.506. The number of nitrogens with zero attached hydrogens (tertiary/aromatic N) is 5. The highest BCUT2D eigenvalue weighted by atomic mass is 35.5. The van der Waals surface area contributed by atoms with E-state index in [1.165, 1.54) is 22.1 Å². The van der Waals surface area contributed by atoms with Gasteiger partial charge in [0.2, 0.25) is 0 Å². The van der Waals surface area contributed by atoms with Gasteiger partial charge in [0, 0.05) is 12.2 Å². The molecule has 2 aromatic heterocycles. The van der Waals surface area contributed by atoms with E-state index in [9.17, 15) is 4.79 Å². The molecule has 3 heterocycles. The first-order valence-electron chi connectivity index (χ1n) is 10.3. The summed E-state index contributed by atoms with van der Waals surface area (Å²) < 4.78 is 8.51. The van der Waals surface area contributed by atoms with E-state index >= 15 is 0 Å². The molecule has 0 atom stereocenters. The average Bonchev–Trinajstić information content (AvgIpc) is 2.98. The van der Waals surface area contributed by atoms with Crippen LogP contribution in [-0.4, -0.2) is 31.7 Å². The van der Waals surface area contributed by atoms with Crippen LogP contribution in [0.25, 0.3) is 5.69 Å². The monoisotopic (exact) mass is 459 g/mol. The van der Waals surface area contributed by atoms with Gasteiger partial charge in [0.1, 0.15) is 24.1 Å². The number of aliphatic imine (C=N–C) groups is 1. The molecule has 162 valence electrons. The zero-order valence-corrected chi connectivity index (χ0v) is 18.7. The molecule has 4 rings (SSSR count). The number of benzene rings is 1. The Balaban J connectivity index is 1.68. The van der Waals surface area contributed by atoms with Crippen molar-refractivity contribution >= 4 is 28.9 Å². The third kappa shape index (κ3) is 4.59. The van der Waals surface area contributed by atoms with E-state index in [2.05, 4.69) is 17.0 Å². The van der Waals surface area contributed by atoms with Crippen molar-refractivity contribution in [2.24, 2.45) is 4.99 Å². The Labute approximate surface area is 190 Å². The van der Waals surface area contributed by atoms with Gasteiger partial charge in [-0.3, -0.25) is 4.99 Å². The average molecular weight is 460 g/mol. The molecule has 0 bridgehead atoms. The third-order valence-corrected chi connectivity index (χ3v) is 5.61. The van der Waals surface area contributed by atoms with E-state index in [0.29, 0.717) is 39.7 Å². The van der Waals surface area contributed by atoms with Gasteiger partial charge in [-0.2, -0.15) is 9.78 Å². The van der Waals surface area contributed by atoms with E-state index in [1.54, 1.807) is 18.2 Å². The highest BCUT2D eigenvalue weighted by molar-refractivity contribution is 6.35. The Morgan fingerprint density at radius 2 is 1.94 bits per heavy atom. The molecule has 0 unspecified atom stereocenters. The topological polar surface area (TPSA) is 74.3 Å². The number of rotatable bonds is 8.